The molecule has 1 aromatic carbocycles. The summed E-state index contributed by atoms with van der Waals surface area (Å²) in [5, 5.41) is 7.14. The van der Waals surface area contributed by atoms with Crippen molar-refractivity contribution in [3.63, 3.8) is 0 Å². The molecule has 26 heavy (non-hydrogen) atoms. The fourth-order valence-electron chi connectivity index (χ4n) is 4.20. The first-order valence-electron chi connectivity index (χ1n) is 9.55. The minimum absolute atomic E-state index is 0.0887. The van der Waals surface area contributed by atoms with Gasteiger partial charge in [0.1, 0.15) is 0 Å². The number of carbonyl (C=O) groups excluding carboxylic acids is 1. The van der Waals surface area contributed by atoms with Crippen LogP contribution in [0.25, 0.3) is 11.3 Å². The zero-order valence-corrected chi connectivity index (χ0v) is 16.5. The molecule has 2 saturated heterocycles. The van der Waals surface area contributed by atoms with E-state index in [0.29, 0.717) is 11.6 Å². The number of H-pyrrole nitrogens is 1. The summed E-state index contributed by atoms with van der Waals surface area (Å²) in [6.07, 6.45) is 7.84. The monoisotopic (exact) mass is 416 g/mol. The molecule has 2 aliphatic heterocycles. The Morgan fingerprint density at radius 2 is 1.88 bits per heavy atom. The number of nitrogens with one attached hydrogen (secondary N) is 1. The molecule has 138 valence electrons. The molecule has 1 amide bonds. The molecule has 3 heterocycles. The van der Waals surface area contributed by atoms with Gasteiger partial charge in [0.25, 0.3) is 5.91 Å². The van der Waals surface area contributed by atoms with E-state index in [2.05, 4.69) is 31.0 Å². The number of piperidine rings is 2. The Labute approximate surface area is 162 Å². The van der Waals surface area contributed by atoms with Gasteiger partial charge < -0.3 is 9.80 Å². The molecule has 4 rings (SSSR count). The summed E-state index contributed by atoms with van der Waals surface area (Å²) in [7, 11) is 0. The van der Waals surface area contributed by atoms with Crippen LogP contribution in [0.3, 0.4) is 0 Å². The fraction of sp³-hybridized carbons (Fsp3) is 0.500. The van der Waals surface area contributed by atoms with Crippen molar-refractivity contribution < 1.29 is 4.79 Å². The van der Waals surface area contributed by atoms with Gasteiger partial charge in [-0.25, -0.2) is 0 Å². The first-order chi connectivity index (χ1) is 12.7. The van der Waals surface area contributed by atoms with Gasteiger partial charge in [-0.3, -0.25) is 9.89 Å². The number of aromatic amines is 1. The second-order valence-corrected chi connectivity index (χ2v) is 8.20. The average molecular weight is 417 g/mol. The van der Waals surface area contributed by atoms with Crippen molar-refractivity contribution in [3.05, 3.63) is 40.5 Å². The Morgan fingerprint density at radius 1 is 1.12 bits per heavy atom. The van der Waals surface area contributed by atoms with E-state index in [1.165, 1.54) is 32.4 Å². The largest absolute Gasteiger partial charge is 0.338 e. The second-order valence-electron chi connectivity index (χ2n) is 7.29. The summed E-state index contributed by atoms with van der Waals surface area (Å²) < 4.78 is 0.991. The normalized spacial score (nSPS) is 19.7. The van der Waals surface area contributed by atoms with Gasteiger partial charge in [-0.15, -0.1) is 0 Å². The number of benzene rings is 1. The third-order valence-corrected chi connectivity index (χ3v) is 6.14. The maximum atomic E-state index is 13.1. The highest BCUT2D eigenvalue weighted by molar-refractivity contribution is 9.10. The Hall–Kier alpha value is -1.66. The first-order valence-corrected chi connectivity index (χ1v) is 10.3. The van der Waals surface area contributed by atoms with Crippen molar-refractivity contribution in [1.29, 1.82) is 0 Å². The smallest absolute Gasteiger partial charge is 0.257 e. The Morgan fingerprint density at radius 3 is 2.62 bits per heavy atom. The van der Waals surface area contributed by atoms with Gasteiger partial charge in [0.05, 0.1) is 17.5 Å². The maximum Gasteiger partial charge on any atom is 0.257 e. The van der Waals surface area contributed by atoms with E-state index in [4.69, 9.17) is 0 Å². The minimum atomic E-state index is 0.0887. The van der Waals surface area contributed by atoms with Crippen LogP contribution in [0.2, 0.25) is 0 Å². The maximum absolute atomic E-state index is 13.1. The summed E-state index contributed by atoms with van der Waals surface area (Å²) >= 11 is 3.50. The van der Waals surface area contributed by atoms with Crippen LogP contribution in [0.5, 0.6) is 0 Å². The molecule has 2 aliphatic rings. The van der Waals surface area contributed by atoms with Crippen molar-refractivity contribution in [1.82, 2.24) is 20.0 Å². The summed E-state index contributed by atoms with van der Waals surface area (Å²) in [6, 6.07) is 8.60. The lowest BCUT2D eigenvalue weighted by Gasteiger charge is -2.40. The molecule has 0 bridgehead atoms. The molecular weight excluding hydrogens is 392 g/mol. The number of likely N-dealkylation sites (tertiary alicyclic amines) is 2. The van der Waals surface area contributed by atoms with Crippen molar-refractivity contribution in [2.75, 3.05) is 26.2 Å². The van der Waals surface area contributed by atoms with Crippen molar-refractivity contribution in [3.8, 4) is 11.3 Å². The Kier molecular flexibility index (Phi) is 5.41. The van der Waals surface area contributed by atoms with Crippen LogP contribution in [-0.4, -0.2) is 58.1 Å². The molecule has 2 fully saturated rings. The van der Waals surface area contributed by atoms with Gasteiger partial charge in [0, 0.05) is 29.2 Å². The molecule has 0 unspecified atom stereocenters. The topological polar surface area (TPSA) is 52.2 Å². The predicted octanol–water partition coefficient (Wildman–Crippen LogP) is 3.93. The van der Waals surface area contributed by atoms with Gasteiger partial charge in [-0.05, 0) is 50.9 Å². The minimum Gasteiger partial charge on any atom is -0.338 e. The summed E-state index contributed by atoms with van der Waals surface area (Å²) in [5.74, 6) is 0.0887. The highest BCUT2D eigenvalue weighted by Crippen LogP contribution is 2.27. The van der Waals surface area contributed by atoms with Crippen LogP contribution in [0.1, 0.15) is 42.5 Å². The zero-order chi connectivity index (χ0) is 17.9. The van der Waals surface area contributed by atoms with Gasteiger partial charge in [-0.1, -0.05) is 34.5 Å². The van der Waals surface area contributed by atoms with Crippen LogP contribution in [-0.2, 0) is 0 Å². The molecule has 0 aliphatic carbocycles. The lowest BCUT2D eigenvalue weighted by Crippen LogP contribution is -2.48. The van der Waals surface area contributed by atoms with Gasteiger partial charge in [0.15, 0.2) is 0 Å². The molecule has 1 N–H and O–H groups in total. The number of hydrogen-bond acceptors (Lipinski definition) is 3. The lowest BCUT2D eigenvalue weighted by atomic mass is 9.99. The molecule has 6 heteroatoms. The number of amides is 1. The van der Waals surface area contributed by atoms with E-state index in [1.807, 2.05) is 29.2 Å². The third-order valence-electron chi connectivity index (χ3n) is 5.64. The number of carbonyl (C=O) groups is 1. The standard InChI is InChI=1S/C20H25BrN4O/c21-16-6-4-5-15(13-16)19-18(14-22-23-19)20(26)25-11-7-17(8-12-25)24-9-2-1-3-10-24/h4-6,13-14,17H,1-3,7-12H2,(H,22,23). The number of halogens is 1. The van der Waals surface area contributed by atoms with Crippen LogP contribution in [0, 0.1) is 0 Å². The van der Waals surface area contributed by atoms with E-state index in [0.717, 1.165) is 41.7 Å². The van der Waals surface area contributed by atoms with Crippen molar-refractivity contribution >= 4 is 21.8 Å². The van der Waals surface area contributed by atoms with Crippen molar-refractivity contribution in [2.24, 2.45) is 0 Å². The van der Waals surface area contributed by atoms with E-state index in [-0.39, 0.29) is 5.91 Å². The second kappa shape index (κ2) is 7.92. The quantitative estimate of drug-likeness (QED) is 0.824. The van der Waals surface area contributed by atoms with Crippen LogP contribution >= 0.6 is 15.9 Å². The Balaban J connectivity index is 1.44. The molecule has 0 spiro atoms. The average Bonchev–Trinajstić information content (AvgIpc) is 3.18. The zero-order valence-electron chi connectivity index (χ0n) is 15.0. The lowest BCUT2D eigenvalue weighted by molar-refractivity contribution is 0.0590. The van der Waals surface area contributed by atoms with E-state index in [1.54, 1.807) is 6.20 Å². The molecule has 2 aromatic rings. The highest BCUT2D eigenvalue weighted by atomic mass is 79.9. The van der Waals surface area contributed by atoms with E-state index in [9.17, 15) is 4.79 Å². The van der Waals surface area contributed by atoms with Gasteiger partial charge >= 0.3 is 0 Å². The van der Waals surface area contributed by atoms with Crippen LogP contribution in [0.4, 0.5) is 0 Å². The summed E-state index contributed by atoms with van der Waals surface area (Å²) in [6.45, 7) is 4.13. The third kappa shape index (κ3) is 3.71. The van der Waals surface area contributed by atoms with E-state index < -0.39 is 0 Å². The summed E-state index contributed by atoms with van der Waals surface area (Å²) in [4.78, 5) is 17.7. The van der Waals surface area contributed by atoms with Crippen LogP contribution < -0.4 is 0 Å². The molecule has 1 aromatic heterocycles. The molecule has 0 atom stereocenters. The first kappa shape index (κ1) is 17.7. The number of hydrogen-bond donors (Lipinski definition) is 1. The Bertz CT molecular complexity index is 761. The van der Waals surface area contributed by atoms with E-state index >= 15 is 0 Å². The fourth-order valence-corrected chi connectivity index (χ4v) is 4.60. The molecular formula is C20H25BrN4O. The number of nitrogens with zero attached hydrogens (tertiary/aromatic N) is 3. The van der Waals surface area contributed by atoms with Crippen LogP contribution in [0.15, 0.2) is 34.9 Å². The number of aromatic nitrogens is 2. The summed E-state index contributed by atoms with van der Waals surface area (Å²) in [5.41, 5.74) is 2.44. The SMILES string of the molecule is O=C(c1cn[nH]c1-c1cccc(Br)c1)N1CCC(N2CCCCC2)CC1. The van der Waals surface area contributed by atoms with Crippen molar-refractivity contribution in [2.45, 2.75) is 38.1 Å². The van der Waals surface area contributed by atoms with Gasteiger partial charge in [-0.2, -0.15) is 5.10 Å². The molecule has 0 saturated carbocycles. The predicted molar refractivity (Wildman–Crippen MR) is 106 cm³/mol. The molecule has 5 nitrogen and oxygen atoms in total. The van der Waals surface area contributed by atoms with Gasteiger partial charge in [0.2, 0.25) is 0 Å². The highest BCUT2D eigenvalue weighted by Gasteiger charge is 2.29. The number of rotatable bonds is 3. The molecule has 0 radical (unpaired) electrons.